The van der Waals surface area contributed by atoms with Crippen LogP contribution >= 0.6 is 0 Å². The number of hydrogen-bond acceptors (Lipinski definition) is 2. The van der Waals surface area contributed by atoms with Crippen molar-refractivity contribution in [1.29, 1.82) is 0 Å². The molecule has 1 aliphatic rings. The van der Waals surface area contributed by atoms with E-state index in [1.165, 1.54) is 44.4 Å². The SMILES string of the molecule is Fc1cc(NCC2CCCCC2)ccn1. The molecule has 1 fully saturated rings. The first-order valence-electron chi connectivity index (χ1n) is 5.70. The van der Waals surface area contributed by atoms with Gasteiger partial charge in [0.2, 0.25) is 5.95 Å². The van der Waals surface area contributed by atoms with Gasteiger partial charge in [-0.2, -0.15) is 4.39 Å². The molecule has 82 valence electrons. The minimum absolute atomic E-state index is 0.413. The van der Waals surface area contributed by atoms with E-state index in [1.54, 1.807) is 0 Å². The highest BCUT2D eigenvalue weighted by molar-refractivity contribution is 5.41. The van der Waals surface area contributed by atoms with Gasteiger partial charge in [-0.3, -0.25) is 0 Å². The number of nitrogens with one attached hydrogen (secondary N) is 1. The Balaban J connectivity index is 1.81. The molecule has 3 heteroatoms. The van der Waals surface area contributed by atoms with Crippen molar-refractivity contribution in [2.24, 2.45) is 5.92 Å². The molecule has 0 unspecified atom stereocenters. The van der Waals surface area contributed by atoms with Crippen molar-refractivity contribution in [2.75, 3.05) is 11.9 Å². The predicted octanol–water partition coefficient (Wildman–Crippen LogP) is 3.21. The topological polar surface area (TPSA) is 24.9 Å². The maximum atomic E-state index is 12.8. The molecule has 0 bridgehead atoms. The molecule has 1 heterocycles. The summed E-state index contributed by atoms with van der Waals surface area (Å²) in [5.41, 5.74) is 0.841. The zero-order valence-electron chi connectivity index (χ0n) is 8.88. The fourth-order valence-corrected chi connectivity index (χ4v) is 2.17. The smallest absolute Gasteiger partial charge is 0.214 e. The van der Waals surface area contributed by atoms with Gasteiger partial charge in [0.1, 0.15) is 0 Å². The monoisotopic (exact) mass is 208 g/mol. The zero-order valence-corrected chi connectivity index (χ0v) is 8.88. The van der Waals surface area contributed by atoms with E-state index in [0.717, 1.165) is 18.2 Å². The van der Waals surface area contributed by atoms with Crippen molar-refractivity contribution in [3.63, 3.8) is 0 Å². The molecular formula is C12H17FN2. The van der Waals surface area contributed by atoms with Crippen molar-refractivity contribution in [1.82, 2.24) is 4.98 Å². The Morgan fingerprint density at radius 2 is 2.13 bits per heavy atom. The van der Waals surface area contributed by atoms with Gasteiger partial charge in [-0.05, 0) is 24.8 Å². The van der Waals surface area contributed by atoms with Crippen LogP contribution in [0.15, 0.2) is 18.3 Å². The maximum Gasteiger partial charge on any atom is 0.214 e. The van der Waals surface area contributed by atoms with E-state index in [-0.39, 0.29) is 0 Å². The standard InChI is InChI=1S/C12H17FN2/c13-12-8-11(6-7-14-12)15-9-10-4-2-1-3-5-10/h6-8,10H,1-5,9H2,(H,14,15). The minimum Gasteiger partial charge on any atom is -0.385 e. The summed E-state index contributed by atoms with van der Waals surface area (Å²) in [7, 11) is 0. The molecule has 1 saturated carbocycles. The lowest BCUT2D eigenvalue weighted by molar-refractivity contribution is 0.373. The van der Waals surface area contributed by atoms with E-state index in [2.05, 4.69) is 10.3 Å². The number of anilines is 1. The summed E-state index contributed by atoms with van der Waals surface area (Å²) < 4.78 is 12.8. The summed E-state index contributed by atoms with van der Waals surface area (Å²) in [6.45, 7) is 0.962. The average Bonchev–Trinajstić information content (AvgIpc) is 2.28. The molecule has 2 nitrogen and oxygen atoms in total. The second-order valence-electron chi connectivity index (χ2n) is 4.25. The van der Waals surface area contributed by atoms with E-state index in [9.17, 15) is 4.39 Å². The van der Waals surface area contributed by atoms with Crippen molar-refractivity contribution >= 4 is 5.69 Å². The summed E-state index contributed by atoms with van der Waals surface area (Å²) in [4.78, 5) is 3.53. The number of rotatable bonds is 3. The molecule has 0 atom stereocenters. The molecule has 1 aromatic rings. The van der Waals surface area contributed by atoms with Crippen LogP contribution in [0.3, 0.4) is 0 Å². The van der Waals surface area contributed by atoms with Crippen molar-refractivity contribution in [3.05, 3.63) is 24.3 Å². The second kappa shape index (κ2) is 5.10. The quantitative estimate of drug-likeness (QED) is 0.771. The molecule has 0 aromatic carbocycles. The first-order chi connectivity index (χ1) is 7.34. The van der Waals surface area contributed by atoms with Gasteiger partial charge in [0.05, 0.1) is 0 Å². The molecule has 1 aromatic heterocycles. The van der Waals surface area contributed by atoms with Crippen LogP contribution < -0.4 is 5.32 Å². The van der Waals surface area contributed by atoms with Crippen LogP contribution in [0.5, 0.6) is 0 Å². The third-order valence-electron chi connectivity index (χ3n) is 3.05. The average molecular weight is 208 g/mol. The van der Waals surface area contributed by atoms with Gasteiger partial charge in [0.15, 0.2) is 0 Å². The van der Waals surface area contributed by atoms with Crippen LogP contribution in [0, 0.1) is 11.9 Å². The van der Waals surface area contributed by atoms with Gasteiger partial charge in [0, 0.05) is 24.5 Å². The highest BCUT2D eigenvalue weighted by Crippen LogP contribution is 2.23. The summed E-state index contributed by atoms with van der Waals surface area (Å²) in [6.07, 6.45) is 8.17. The molecule has 0 saturated heterocycles. The predicted molar refractivity (Wildman–Crippen MR) is 59.3 cm³/mol. The summed E-state index contributed by atoms with van der Waals surface area (Å²) in [5.74, 6) is 0.346. The Labute approximate surface area is 89.9 Å². The molecular weight excluding hydrogens is 191 g/mol. The van der Waals surface area contributed by atoms with Gasteiger partial charge < -0.3 is 5.32 Å². The Bertz CT molecular complexity index is 308. The van der Waals surface area contributed by atoms with Crippen LogP contribution in [0.1, 0.15) is 32.1 Å². The van der Waals surface area contributed by atoms with E-state index in [4.69, 9.17) is 0 Å². The third-order valence-corrected chi connectivity index (χ3v) is 3.05. The van der Waals surface area contributed by atoms with Gasteiger partial charge in [0.25, 0.3) is 0 Å². The molecule has 15 heavy (non-hydrogen) atoms. The van der Waals surface area contributed by atoms with Gasteiger partial charge >= 0.3 is 0 Å². The Morgan fingerprint density at radius 3 is 2.87 bits per heavy atom. The summed E-state index contributed by atoms with van der Waals surface area (Å²) in [6, 6.07) is 3.26. The fourth-order valence-electron chi connectivity index (χ4n) is 2.17. The van der Waals surface area contributed by atoms with Crippen LogP contribution in [-0.4, -0.2) is 11.5 Å². The lowest BCUT2D eigenvalue weighted by Crippen LogP contribution is -2.17. The van der Waals surface area contributed by atoms with Crippen LogP contribution in [-0.2, 0) is 0 Å². The van der Waals surface area contributed by atoms with Crippen molar-refractivity contribution in [2.45, 2.75) is 32.1 Å². The van der Waals surface area contributed by atoms with Crippen molar-refractivity contribution < 1.29 is 4.39 Å². The van der Waals surface area contributed by atoms with Crippen LogP contribution in [0.25, 0.3) is 0 Å². The van der Waals surface area contributed by atoms with Gasteiger partial charge in [-0.15, -0.1) is 0 Å². The largest absolute Gasteiger partial charge is 0.385 e. The van der Waals surface area contributed by atoms with Crippen molar-refractivity contribution in [3.8, 4) is 0 Å². The van der Waals surface area contributed by atoms with Gasteiger partial charge in [-0.1, -0.05) is 19.3 Å². The molecule has 2 rings (SSSR count). The normalized spacial score (nSPS) is 17.7. The van der Waals surface area contributed by atoms with E-state index in [1.807, 2.05) is 6.07 Å². The molecule has 0 radical (unpaired) electrons. The highest BCUT2D eigenvalue weighted by atomic mass is 19.1. The Morgan fingerprint density at radius 1 is 1.33 bits per heavy atom. The fraction of sp³-hybridized carbons (Fsp3) is 0.583. The summed E-state index contributed by atoms with van der Waals surface area (Å²) in [5, 5.41) is 3.28. The molecule has 0 spiro atoms. The Kier molecular flexibility index (Phi) is 3.54. The number of halogens is 1. The van der Waals surface area contributed by atoms with E-state index < -0.39 is 5.95 Å². The van der Waals surface area contributed by atoms with Crippen LogP contribution in [0.2, 0.25) is 0 Å². The zero-order chi connectivity index (χ0) is 10.5. The highest BCUT2D eigenvalue weighted by Gasteiger charge is 2.12. The molecule has 1 N–H and O–H groups in total. The van der Waals surface area contributed by atoms with E-state index in [0.29, 0.717) is 0 Å². The lowest BCUT2D eigenvalue weighted by Gasteiger charge is -2.22. The first kappa shape index (κ1) is 10.4. The Hall–Kier alpha value is -1.12. The molecule has 0 aliphatic heterocycles. The second-order valence-corrected chi connectivity index (χ2v) is 4.25. The third kappa shape index (κ3) is 3.18. The number of hydrogen-bond donors (Lipinski definition) is 1. The lowest BCUT2D eigenvalue weighted by atomic mass is 9.89. The summed E-state index contributed by atoms with van der Waals surface area (Å²) >= 11 is 0. The van der Waals surface area contributed by atoms with E-state index >= 15 is 0 Å². The van der Waals surface area contributed by atoms with Gasteiger partial charge in [-0.25, -0.2) is 4.98 Å². The van der Waals surface area contributed by atoms with Crippen LogP contribution in [0.4, 0.5) is 10.1 Å². The minimum atomic E-state index is -0.413. The molecule has 1 aliphatic carbocycles. The molecule has 0 amide bonds. The maximum absolute atomic E-state index is 12.8. The number of nitrogens with zero attached hydrogens (tertiary/aromatic N) is 1. The number of aromatic nitrogens is 1. The number of pyridine rings is 1. The first-order valence-corrected chi connectivity index (χ1v) is 5.70.